The van der Waals surface area contributed by atoms with Gasteiger partial charge in [-0.2, -0.15) is 0 Å². The third-order valence-corrected chi connectivity index (χ3v) is 3.22. The van der Waals surface area contributed by atoms with Crippen LogP contribution in [0.25, 0.3) is 0 Å². The molecule has 1 aromatic rings. The normalized spacial score (nSPS) is 12.3. The summed E-state index contributed by atoms with van der Waals surface area (Å²) < 4.78 is 0. The molecule has 0 aromatic carbocycles. The molecule has 0 aliphatic heterocycles. The van der Waals surface area contributed by atoms with Crippen molar-refractivity contribution in [2.24, 2.45) is 5.92 Å². The zero-order valence-electron chi connectivity index (χ0n) is 12.9. The van der Waals surface area contributed by atoms with Crippen molar-refractivity contribution in [3.63, 3.8) is 0 Å². The van der Waals surface area contributed by atoms with E-state index in [-0.39, 0.29) is 16.7 Å². The average Bonchev–Trinajstić information content (AvgIpc) is 2.37. The molecule has 0 fully saturated rings. The number of pyridine rings is 1. The van der Waals surface area contributed by atoms with Crippen molar-refractivity contribution in [2.75, 3.05) is 23.8 Å². The number of nitro groups is 1. The molecule has 1 N–H and O–H groups in total. The maximum atomic E-state index is 11.2. The van der Waals surface area contributed by atoms with Crippen LogP contribution in [0, 0.1) is 16.0 Å². The number of nitrogens with zero attached hydrogens (tertiary/aromatic N) is 3. The van der Waals surface area contributed by atoms with E-state index in [2.05, 4.69) is 31.1 Å². The van der Waals surface area contributed by atoms with Crippen molar-refractivity contribution in [1.82, 2.24) is 4.98 Å². The van der Waals surface area contributed by atoms with E-state index >= 15 is 0 Å². The number of hydrogen-bond acceptors (Lipinski definition) is 5. The molecule has 6 nitrogen and oxygen atoms in total. The van der Waals surface area contributed by atoms with Crippen LogP contribution in [0.2, 0.25) is 0 Å². The van der Waals surface area contributed by atoms with Crippen molar-refractivity contribution >= 4 is 17.3 Å². The first kappa shape index (κ1) is 16.2. The molecule has 0 spiro atoms. The highest BCUT2D eigenvalue weighted by molar-refractivity contribution is 5.61. The van der Waals surface area contributed by atoms with Crippen LogP contribution in [0.1, 0.15) is 34.1 Å². The zero-order valence-corrected chi connectivity index (χ0v) is 12.9. The van der Waals surface area contributed by atoms with E-state index in [0.717, 1.165) is 13.0 Å². The second-order valence-electron chi connectivity index (χ2n) is 5.42. The second-order valence-corrected chi connectivity index (χ2v) is 5.42. The van der Waals surface area contributed by atoms with E-state index in [4.69, 9.17) is 0 Å². The lowest BCUT2D eigenvalue weighted by molar-refractivity contribution is -0.384. The van der Waals surface area contributed by atoms with Crippen LogP contribution in [0.5, 0.6) is 0 Å². The fourth-order valence-electron chi connectivity index (χ4n) is 2.17. The second kappa shape index (κ2) is 7.07. The lowest BCUT2D eigenvalue weighted by Gasteiger charge is -2.27. The molecular formula is C14H24N4O2. The Morgan fingerprint density at radius 1 is 1.40 bits per heavy atom. The van der Waals surface area contributed by atoms with Gasteiger partial charge in [-0.1, -0.05) is 13.8 Å². The molecule has 0 aliphatic rings. The standard InChI is InChI=1S/C14H24N4O2/c1-6-15-13-8-7-12(18(19)20)14(16-13)17(5)11(4)9-10(2)3/h7-8,10-11H,6,9H2,1-5H3,(H,15,16). The van der Waals surface area contributed by atoms with Crippen molar-refractivity contribution in [1.29, 1.82) is 0 Å². The molecular weight excluding hydrogens is 256 g/mol. The van der Waals surface area contributed by atoms with E-state index in [9.17, 15) is 10.1 Å². The average molecular weight is 280 g/mol. The summed E-state index contributed by atoms with van der Waals surface area (Å²) in [4.78, 5) is 17.1. The van der Waals surface area contributed by atoms with Gasteiger partial charge in [0.2, 0.25) is 5.82 Å². The molecule has 0 bridgehead atoms. The summed E-state index contributed by atoms with van der Waals surface area (Å²) in [6, 6.07) is 3.35. The summed E-state index contributed by atoms with van der Waals surface area (Å²) in [5.74, 6) is 1.61. The Hall–Kier alpha value is -1.85. The van der Waals surface area contributed by atoms with Gasteiger partial charge in [-0.15, -0.1) is 0 Å². The van der Waals surface area contributed by atoms with Crippen LogP contribution in [-0.4, -0.2) is 29.5 Å². The van der Waals surface area contributed by atoms with Crippen LogP contribution in [0.15, 0.2) is 12.1 Å². The quantitative estimate of drug-likeness (QED) is 0.613. The number of rotatable bonds is 7. The van der Waals surface area contributed by atoms with Gasteiger partial charge in [-0.3, -0.25) is 10.1 Å². The highest BCUT2D eigenvalue weighted by Crippen LogP contribution is 2.29. The monoisotopic (exact) mass is 280 g/mol. The van der Waals surface area contributed by atoms with Crippen LogP contribution in [-0.2, 0) is 0 Å². The topological polar surface area (TPSA) is 71.3 Å². The van der Waals surface area contributed by atoms with Gasteiger partial charge in [0.15, 0.2) is 0 Å². The van der Waals surface area contributed by atoms with Gasteiger partial charge < -0.3 is 10.2 Å². The zero-order chi connectivity index (χ0) is 15.3. The third kappa shape index (κ3) is 4.08. The summed E-state index contributed by atoms with van der Waals surface area (Å²) in [5, 5.41) is 14.2. The summed E-state index contributed by atoms with van der Waals surface area (Å²) in [5.41, 5.74) is 0.0461. The van der Waals surface area contributed by atoms with Crippen LogP contribution < -0.4 is 10.2 Å². The van der Waals surface area contributed by atoms with E-state index in [1.165, 1.54) is 6.07 Å². The summed E-state index contributed by atoms with van der Waals surface area (Å²) in [7, 11) is 1.86. The Labute approximate surface area is 120 Å². The first-order valence-electron chi connectivity index (χ1n) is 6.98. The summed E-state index contributed by atoms with van der Waals surface area (Å²) >= 11 is 0. The van der Waals surface area contributed by atoms with Crippen molar-refractivity contribution in [3.8, 4) is 0 Å². The first-order chi connectivity index (χ1) is 9.36. The highest BCUT2D eigenvalue weighted by Gasteiger charge is 2.23. The molecule has 1 rings (SSSR count). The molecule has 1 heterocycles. The van der Waals surface area contributed by atoms with E-state index < -0.39 is 0 Å². The molecule has 0 saturated heterocycles. The predicted octanol–water partition coefficient (Wildman–Crippen LogP) is 3.29. The van der Waals surface area contributed by atoms with Crippen molar-refractivity contribution < 1.29 is 4.92 Å². The van der Waals surface area contributed by atoms with Gasteiger partial charge in [0.1, 0.15) is 5.82 Å². The minimum atomic E-state index is -0.378. The molecule has 112 valence electrons. The smallest absolute Gasteiger partial charge is 0.311 e. The van der Waals surface area contributed by atoms with Crippen LogP contribution in [0.4, 0.5) is 17.3 Å². The number of nitrogens with one attached hydrogen (secondary N) is 1. The maximum absolute atomic E-state index is 11.2. The number of aromatic nitrogens is 1. The first-order valence-corrected chi connectivity index (χ1v) is 6.98. The lowest BCUT2D eigenvalue weighted by atomic mass is 10.0. The van der Waals surface area contributed by atoms with Gasteiger partial charge in [-0.05, 0) is 32.3 Å². The van der Waals surface area contributed by atoms with Gasteiger partial charge in [0, 0.05) is 25.7 Å². The molecule has 0 saturated carbocycles. The fourth-order valence-corrected chi connectivity index (χ4v) is 2.17. The van der Waals surface area contributed by atoms with E-state index in [1.807, 2.05) is 18.9 Å². The van der Waals surface area contributed by atoms with Crippen molar-refractivity contribution in [2.45, 2.75) is 40.2 Å². The minimum absolute atomic E-state index is 0.0461. The fraction of sp³-hybridized carbons (Fsp3) is 0.643. The Bertz CT molecular complexity index is 462. The van der Waals surface area contributed by atoms with Crippen LogP contribution in [0.3, 0.4) is 0 Å². The third-order valence-electron chi connectivity index (χ3n) is 3.22. The van der Waals surface area contributed by atoms with Gasteiger partial charge in [-0.25, -0.2) is 4.98 Å². The Balaban J connectivity index is 3.10. The SMILES string of the molecule is CCNc1ccc([N+](=O)[O-])c(N(C)C(C)CC(C)C)n1. The lowest BCUT2D eigenvalue weighted by Crippen LogP contribution is -2.31. The number of hydrogen-bond donors (Lipinski definition) is 1. The van der Waals surface area contributed by atoms with Crippen LogP contribution >= 0.6 is 0 Å². The summed E-state index contributed by atoms with van der Waals surface area (Å²) in [6.07, 6.45) is 0.959. The molecule has 1 atom stereocenters. The Morgan fingerprint density at radius 2 is 2.05 bits per heavy atom. The minimum Gasteiger partial charge on any atom is -0.370 e. The molecule has 1 aromatic heterocycles. The Morgan fingerprint density at radius 3 is 2.55 bits per heavy atom. The van der Waals surface area contributed by atoms with Gasteiger partial charge in [0.05, 0.1) is 4.92 Å². The Kier molecular flexibility index (Phi) is 5.73. The van der Waals surface area contributed by atoms with E-state index in [1.54, 1.807) is 6.07 Å². The molecule has 1 unspecified atom stereocenters. The highest BCUT2D eigenvalue weighted by atomic mass is 16.6. The molecule has 6 heteroatoms. The van der Waals surface area contributed by atoms with Gasteiger partial charge in [0.25, 0.3) is 0 Å². The number of anilines is 2. The van der Waals surface area contributed by atoms with E-state index in [0.29, 0.717) is 17.6 Å². The maximum Gasteiger partial charge on any atom is 0.311 e. The molecule has 0 aliphatic carbocycles. The van der Waals surface area contributed by atoms with Gasteiger partial charge >= 0.3 is 5.69 Å². The largest absolute Gasteiger partial charge is 0.370 e. The van der Waals surface area contributed by atoms with Crippen molar-refractivity contribution in [3.05, 3.63) is 22.2 Å². The summed E-state index contributed by atoms with van der Waals surface area (Å²) in [6.45, 7) is 9.04. The molecule has 0 radical (unpaired) electrons. The molecule has 0 amide bonds. The predicted molar refractivity (Wildman–Crippen MR) is 82.4 cm³/mol. The molecule has 20 heavy (non-hydrogen) atoms.